The lowest BCUT2D eigenvalue weighted by atomic mass is 9.91. The number of amides is 2. The smallest absolute Gasteiger partial charge is 0.407 e. The standard InChI is InChI=1S/C16H28N2O4/c1-16(2,3)22-15(20)18-12-8-6-11(7-9-12)17-14(19)13-5-4-10-21-13/h11-13H,4-10H2,1-3H3,(H,17,19)(H,18,20)/t11?,12?,13-/m1/s1. The van der Waals surface area contributed by atoms with Gasteiger partial charge in [0.15, 0.2) is 0 Å². The van der Waals surface area contributed by atoms with Crippen molar-refractivity contribution in [3.8, 4) is 0 Å². The van der Waals surface area contributed by atoms with Crippen LogP contribution in [0.15, 0.2) is 0 Å². The van der Waals surface area contributed by atoms with Gasteiger partial charge in [0.2, 0.25) is 5.91 Å². The fourth-order valence-electron chi connectivity index (χ4n) is 2.93. The molecule has 0 aromatic heterocycles. The van der Waals surface area contributed by atoms with E-state index in [9.17, 15) is 9.59 Å². The van der Waals surface area contributed by atoms with E-state index in [1.807, 2.05) is 20.8 Å². The molecule has 1 heterocycles. The number of nitrogens with one attached hydrogen (secondary N) is 2. The number of alkyl carbamates (subject to hydrolysis) is 1. The summed E-state index contributed by atoms with van der Waals surface area (Å²) in [6.07, 6.45) is 4.62. The van der Waals surface area contributed by atoms with Crippen molar-refractivity contribution in [2.75, 3.05) is 6.61 Å². The molecule has 1 saturated carbocycles. The zero-order valence-electron chi connectivity index (χ0n) is 13.8. The van der Waals surface area contributed by atoms with E-state index in [2.05, 4.69) is 10.6 Å². The Kier molecular flexibility index (Phi) is 5.67. The van der Waals surface area contributed by atoms with Crippen LogP contribution in [0.3, 0.4) is 0 Å². The largest absolute Gasteiger partial charge is 0.444 e. The predicted molar refractivity (Wildman–Crippen MR) is 82.5 cm³/mol. The molecule has 0 spiro atoms. The molecule has 0 unspecified atom stereocenters. The molecule has 22 heavy (non-hydrogen) atoms. The number of carbonyl (C=O) groups excluding carboxylic acids is 2. The Morgan fingerprint density at radius 1 is 1.00 bits per heavy atom. The Balaban J connectivity index is 1.67. The van der Waals surface area contributed by atoms with Crippen LogP contribution in [0.25, 0.3) is 0 Å². The fourth-order valence-corrected chi connectivity index (χ4v) is 2.93. The van der Waals surface area contributed by atoms with Crippen molar-refractivity contribution in [1.29, 1.82) is 0 Å². The van der Waals surface area contributed by atoms with Crippen LogP contribution in [0.1, 0.15) is 59.3 Å². The van der Waals surface area contributed by atoms with E-state index in [-0.39, 0.29) is 30.2 Å². The summed E-state index contributed by atoms with van der Waals surface area (Å²) in [7, 11) is 0. The molecule has 6 heteroatoms. The highest BCUT2D eigenvalue weighted by molar-refractivity contribution is 5.81. The third-order valence-electron chi connectivity index (χ3n) is 4.02. The van der Waals surface area contributed by atoms with E-state index < -0.39 is 5.60 Å². The first-order valence-electron chi connectivity index (χ1n) is 8.25. The molecule has 2 rings (SSSR count). The second-order valence-electron chi connectivity index (χ2n) is 7.21. The summed E-state index contributed by atoms with van der Waals surface area (Å²) in [6.45, 7) is 6.24. The molecule has 1 aliphatic heterocycles. The molecule has 0 aromatic carbocycles. The SMILES string of the molecule is CC(C)(C)OC(=O)NC1CCC(NC(=O)[C@H]2CCCO2)CC1. The molecule has 0 radical (unpaired) electrons. The lowest BCUT2D eigenvalue weighted by molar-refractivity contribution is -0.131. The summed E-state index contributed by atoms with van der Waals surface area (Å²) in [5.41, 5.74) is -0.476. The Labute approximate surface area is 132 Å². The third-order valence-corrected chi connectivity index (χ3v) is 4.02. The van der Waals surface area contributed by atoms with Crippen LogP contribution in [-0.2, 0) is 14.3 Å². The van der Waals surface area contributed by atoms with E-state index in [0.717, 1.165) is 38.5 Å². The van der Waals surface area contributed by atoms with Gasteiger partial charge < -0.3 is 20.1 Å². The van der Waals surface area contributed by atoms with Crippen molar-refractivity contribution in [1.82, 2.24) is 10.6 Å². The van der Waals surface area contributed by atoms with Gasteiger partial charge in [-0.3, -0.25) is 4.79 Å². The average Bonchev–Trinajstić information content (AvgIpc) is 2.92. The molecular formula is C16H28N2O4. The van der Waals surface area contributed by atoms with Crippen molar-refractivity contribution >= 4 is 12.0 Å². The molecule has 1 atom stereocenters. The molecular weight excluding hydrogens is 284 g/mol. The first-order valence-corrected chi connectivity index (χ1v) is 8.25. The van der Waals surface area contributed by atoms with Crippen LogP contribution in [-0.4, -0.2) is 42.4 Å². The van der Waals surface area contributed by atoms with E-state index >= 15 is 0 Å². The van der Waals surface area contributed by atoms with Crippen molar-refractivity contribution in [2.45, 2.75) is 83.1 Å². The van der Waals surface area contributed by atoms with Gasteiger partial charge in [0.05, 0.1) is 0 Å². The molecule has 126 valence electrons. The Morgan fingerprint density at radius 3 is 2.09 bits per heavy atom. The number of rotatable bonds is 3. The molecule has 1 saturated heterocycles. The van der Waals surface area contributed by atoms with Crippen LogP contribution in [0, 0.1) is 0 Å². The topological polar surface area (TPSA) is 76.7 Å². The quantitative estimate of drug-likeness (QED) is 0.837. The minimum Gasteiger partial charge on any atom is -0.444 e. The van der Waals surface area contributed by atoms with E-state index in [1.54, 1.807) is 0 Å². The van der Waals surface area contributed by atoms with E-state index in [0.29, 0.717) is 6.61 Å². The zero-order chi connectivity index (χ0) is 16.2. The van der Waals surface area contributed by atoms with Gasteiger partial charge in [-0.05, 0) is 59.3 Å². The summed E-state index contributed by atoms with van der Waals surface area (Å²) in [5.74, 6) is 0.0149. The molecule has 2 amide bonds. The number of hydrogen-bond donors (Lipinski definition) is 2. The maximum absolute atomic E-state index is 12.0. The molecule has 2 fully saturated rings. The normalized spacial score (nSPS) is 29.0. The highest BCUT2D eigenvalue weighted by atomic mass is 16.6. The predicted octanol–water partition coefficient (Wildman–Crippen LogP) is 2.12. The number of ether oxygens (including phenoxy) is 2. The minimum absolute atomic E-state index is 0.0149. The van der Waals surface area contributed by atoms with Crippen molar-refractivity contribution in [2.24, 2.45) is 0 Å². The van der Waals surface area contributed by atoms with Crippen LogP contribution < -0.4 is 10.6 Å². The van der Waals surface area contributed by atoms with Crippen LogP contribution in [0.5, 0.6) is 0 Å². The average molecular weight is 312 g/mol. The van der Waals surface area contributed by atoms with Gasteiger partial charge in [-0.25, -0.2) is 4.79 Å². The molecule has 2 aliphatic rings. The molecule has 0 aromatic rings. The highest BCUT2D eigenvalue weighted by Gasteiger charge is 2.29. The fraction of sp³-hybridized carbons (Fsp3) is 0.875. The van der Waals surface area contributed by atoms with E-state index in [1.165, 1.54) is 0 Å². The van der Waals surface area contributed by atoms with Crippen molar-refractivity contribution < 1.29 is 19.1 Å². The second kappa shape index (κ2) is 7.31. The maximum atomic E-state index is 12.0. The first kappa shape index (κ1) is 17.1. The van der Waals surface area contributed by atoms with Crippen molar-refractivity contribution in [3.63, 3.8) is 0 Å². The van der Waals surface area contributed by atoms with Crippen LogP contribution in [0.4, 0.5) is 4.79 Å². The lowest BCUT2D eigenvalue weighted by Crippen LogP contribution is -2.47. The zero-order valence-corrected chi connectivity index (χ0v) is 13.8. The van der Waals surface area contributed by atoms with Crippen LogP contribution in [0.2, 0.25) is 0 Å². The van der Waals surface area contributed by atoms with E-state index in [4.69, 9.17) is 9.47 Å². The summed E-state index contributed by atoms with van der Waals surface area (Å²) in [6, 6.07) is 0.319. The molecule has 0 bridgehead atoms. The summed E-state index contributed by atoms with van der Waals surface area (Å²) < 4.78 is 10.7. The molecule has 6 nitrogen and oxygen atoms in total. The monoisotopic (exact) mass is 312 g/mol. The Bertz CT molecular complexity index is 391. The molecule has 2 N–H and O–H groups in total. The van der Waals surface area contributed by atoms with Crippen LogP contribution >= 0.6 is 0 Å². The minimum atomic E-state index is -0.476. The Hall–Kier alpha value is -1.30. The lowest BCUT2D eigenvalue weighted by Gasteiger charge is -2.31. The van der Waals surface area contributed by atoms with Gasteiger partial charge >= 0.3 is 6.09 Å². The Morgan fingerprint density at radius 2 is 1.59 bits per heavy atom. The van der Waals surface area contributed by atoms with Gasteiger partial charge in [-0.1, -0.05) is 0 Å². The summed E-state index contributed by atoms with van der Waals surface area (Å²) in [5, 5.41) is 5.97. The third kappa shape index (κ3) is 5.48. The number of carbonyl (C=O) groups is 2. The summed E-state index contributed by atoms with van der Waals surface area (Å²) in [4.78, 5) is 23.7. The second-order valence-corrected chi connectivity index (χ2v) is 7.21. The van der Waals surface area contributed by atoms with Gasteiger partial charge in [-0.15, -0.1) is 0 Å². The molecule has 1 aliphatic carbocycles. The van der Waals surface area contributed by atoms with Gasteiger partial charge in [0.25, 0.3) is 0 Å². The van der Waals surface area contributed by atoms with Crippen molar-refractivity contribution in [3.05, 3.63) is 0 Å². The van der Waals surface area contributed by atoms with Gasteiger partial charge in [0, 0.05) is 18.7 Å². The van der Waals surface area contributed by atoms with Gasteiger partial charge in [0.1, 0.15) is 11.7 Å². The maximum Gasteiger partial charge on any atom is 0.407 e. The first-order chi connectivity index (χ1) is 10.3. The number of hydrogen-bond acceptors (Lipinski definition) is 4. The summed E-state index contributed by atoms with van der Waals surface area (Å²) >= 11 is 0. The highest BCUT2D eigenvalue weighted by Crippen LogP contribution is 2.20. The van der Waals surface area contributed by atoms with Gasteiger partial charge in [-0.2, -0.15) is 0 Å².